The number of nitrogens with zero attached hydrogens (tertiary/aromatic N) is 2. The molecule has 23 heavy (non-hydrogen) atoms. The van der Waals surface area contributed by atoms with Crippen LogP contribution in [0.5, 0.6) is 0 Å². The van der Waals surface area contributed by atoms with E-state index in [0.717, 1.165) is 0 Å². The van der Waals surface area contributed by atoms with E-state index in [4.69, 9.17) is 4.74 Å². The Morgan fingerprint density at radius 2 is 1.91 bits per heavy atom. The summed E-state index contributed by atoms with van der Waals surface area (Å²) in [7, 11) is 0. The molecule has 2 aromatic carbocycles. The SMILES string of the molecule is N#CC1=C(c2ccccc2)O[C@H]([N+](=O)[O-])[C@H]1c1cccc(F)c1. The summed E-state index contributed by atoms with van der Waals surface area (Å²) in [6, 6.07) is 16.1. The van der Waals surface area contributed by atoms with Crippen LogP contribution in [0.2, 0.25) is 0 Å². The summed E-state index contributed by atoms with van der Waals surface area (Å²) in [5.74, 6) is -1.29. The van der Waals surface area contributed by atoms with Gasteiger partial charge in [-0.3, -0.25) is 10.1 Å². The summed E-state index contributed by atoms with van der Waals surface area (Å²) >= 11 is 0. The Morgan fingerprint density at radius 1 is 1.17 bits per heavy atom. The first-order valence-corrected chi connectivity index (χ1v) is 6.87. The van der Waals surface area contributed by atoms with E-state index in [2.05, 4.69) is 0 Å². The lowest BCUT2D eigenvalue weighted by atomic mass is 9.90. The molecule has 0 aromatic heterocycles. The van der Waals surface area contributed by atoms with Gasteiger partial charge in [0, 0.05) is 5.56 Å². The molecule has 0 saturated carbocycles. The van der Waals surface area contributed by atoms with E-state index in [-0.39, 0.29) is 11.3 Å². The number of rotatable bonds is 3. The van der Waals surface area contributed by atoms with Gasteiger partial charge in [-0.05, 0) is 17.7 Å². The van der Waals surface area contributed by atoms with Crippen molar-refractivity contribution >= 4 is 5.76 Å². The molecule has 0 aliphatic carbocycles. The van der Waals surface area contributed by atoms with Gasteiger partial charge in [0.1, 0.15) is 17.5 Å². The number of nitro groups is 1. The van der Waals surface area contributed by atoms with Gasteiger partial charge in [-0.2, -0.15) is 5.26 Å². The van der Waals surface area contributed by atoms with Gasteiger partial charge < -0.3 is 4.74 Å². The minimum Gasteiger partial charge on any atom is -0.427 e. The molecule has 5 nitrogen and oxygen atoms in total. The molecule has 0 amide bonds. The molecule has 0 fully saturated rings. The summed E-state index contributed by atoms with van der Waals surface area (Å²) in [5.41, 5.74) is 1.05. The highest BCUT2D eigenvalue weighted by Crippen LogP contribution is 2.42. The van der Waals surface area contributed by atoms with Crippen LogP contribution < -0.4 is 0 Å². The Hall–Kier alpha value is -3.20. The third kappa shape index (κ3) is 2.64. The molecular formula is C17H11FN2O3. The molecule has 3 rings (SSSR count). The van der Waals surface area contributed by atoms with Crippen molar-refractivity contribution < 1.29 is 14.1 Å². The zero-order chi connectivity index (χ0) is 16.4. The maximum atomic E-state index is 13.5. The third-order valence-electron chi connectivity index (χ3n) is 3.65. The second-order valence-electron chi connectivity index (χ2n) is 5.05. The first-order valence-electron chi connectivity index (χ1n) is 6.87. The Morgan fingerprint density at radius 3 is 2.52 bits per heavy atom. The minimum atomic E-state index is -1.46. The van der Waals surface area contributed by atoms with E-state index in [1.165, 1.54) is 18.2 Å². The van der Waals surface area contributed by atoms with Crippen LogP contribution in [0.4, 0.5) is 4.39 Å². The number of hydrogen-bond donors (Lipinski definition) is 0. The monoisotopic (exact) mass is 310 g/mol. The van der Waals surface area contributed by atoms with E-state index in [1.807, 2.05) is 6.07 Å². The molecular weight excluding hydrogens is 299 g/mol. The summed E-state index contributed by atoms with van der Waals surface area (Å²) in [5, 5.41) is 20.9. The normalized spacial score (nSPS) is 20.0. The smallest absolute Gasteiger partial charge is 0.365 e. The third-order valence-corrected chi connectivity index (χ3v) is 3.65. The first kappa shape index (κ1) is 14.7. The van der Waals surface area contributed by atoms with Crippen LogP contribution in [-0.4, -0.2) is 11.2 Å². The molecule has 0 N–H and O–H groups in total. The van der Waals surface area contributed by atoms with Gasteiger partial charge in [-0.25, -0.2) is 4.39 Å². The van der Waals surface area contributed by atoms with E-state index < -0.39 is 22.9 Å². The van der Waals surface area contributed by atoms with Crippen LogP contribution in [0, 0.1) is 27.3 Å². The van der Waals surface area contributed by atoms with Crippen molar-refractivity contribution in [3.05, 3.63) is 87.2 Å². The Balaban J connectivity index is 2.15. The predicted octanol–water partition coefficient (Wildman–Crippen LogP) is 3.48. The molecule has 0 spiro atoms. The van der Waals surface area contributed by atoms with Crippen LogP contribution in [0.1, 0.15) is 17.0 Å². The van der Waals surface area contributed by atoms with Crippen molar-refractivity contribution in [3.63, 3.8) is 0 Å². The standard InChI is InChI=1S/C17H11FN2O3/c18-13-8-4-7-12(9-13)15-14(10-19)16(23-17(15)20(21)22)11-5-2-1-3-6-11/h1-9,15,17H/t15-,17-/m0/s1. The van der Waals surface area contributed by atoms with Gasteiger partial charge in [0.25, 0.3) is 0 Å². The van der Waals surface area contributed by atoms with Gasteiger partial charge in [-0.15, -0.1) is 0 Å². The van der Waals surface area contributed by atoms with E-state index in [1.54, 1.807) is 36.4 Å². The number of halogens is 1. The number of benzene rings is 2. The summed E-state index contributed by atoms with van der Waals surface area (Å²) in [6.07, 6.45) is -1.46. The quantitative estimate of drug-likeness (QED) is 0.642. The Bertz CT molecular complexity index is 827. The lowest BCUT2D eigenvalue weighted by Crippen LogP contribution is -2.26. The molecule has 1 heterocycles. The molecule has 6 heteroatoms. The molecule has 114 valence electrons. The number of nitriles is 1. The molecule has 0 radical (unpaired) electrons. The highest BCUT2D eigenvalue weighted by atomic mass is 19.1. The van der Waals surface area contributed by atoms with Crippen LogP contribution >= 0.6 is 0 Å². The molecule has 1 aliphatic heterocycles. The van der Waals surface area contributed by atoms with Crippen molar-refractivity contribution in [2.24, 2.45) is 0 Å². The molecule has 1 aliphatic rings. The first-order chi connectivity index (χ1) is 11.1. The van der Waals surface area contributed by atoms with Gasteiger partial charge in [0.15, 0.2) is 0 Å². The highest BCUT2D eigenvalue weighted by molar-refractivity contribution is 5.71. The van der Waals surface area contributed by atoms with Gasteiger partial charge in [0.05, 0.1) is 16.6 Å². The van der Waals surface area contributed by atoms with Crippen LogP contribution in [0.25, 0.3) is 5.76 Å². The zero-order valence-corrected chi connectivity index (χ0v) is 11.8. The van der Waals surface area contributed by atoms with Crippen molar-refractivity contribution in [1.29, 1.82) is 5.26 Å². The lowest BCUT2D eigenvalue weighted by molar-refractivity contribution is -0.567. The van der Waals surface area contributed by atoms with Crippen LogP contribution in [0.15, 0.2) is 60.2 Å². The topological polar surface area (TPSA) is 76.2 Å². The molecule has 0 saturated heterocycles. The van der Waals surface area contributed by atoms with Crippen molar-refractivity contribution in [2.45, 2.75) is 12.1 Å². The van der Waals surface area contributed by atoms with Crippen LogP contribution in [0.3, 0.4) is 0 Å². The second-order valence-corrected chi connectivity index (χ2v) is 5.05. The molecule has 0 unspecified atom stereocenters. The maximum absolute atomic E-state index is 13.5. The lowest BCUT2D eigenvalue weighted by Gasteiger charge is -2.12. The van der Waals surface area contributed by atoms with Gasteiger partial charge in [0.2, 0.25) is 0 Å². The molecule has 2 aromatic rings. The predicted molar refractivity (Wildman–Crippen MR) is 80.0 cm³/mol. The van der Waals surface area contributed by atoms with E-state index in [0.29, 0.717) is 11.1 Å². The largest absolute Gasteiger partial charge is 0.427 e. The molecule has 2 atom stereocenters. The fraction of sp³-hybridized carbons (Fsp3) is 0.118. The number of hydrogen-bond acceptors (Lipinski definition) is 4. The summed E-state index contributed by atoms with van der Waals surface area (Å²) in [6.45, 7) is 0. The van der Waals surface area contributed by atoms with E-state index >= 15 is 0 Å². The van der Waals surface area contributed by atoms with Crippen LogP contribution in [-0.2, 0) is 4.74 Å². The van der Waals surface area contributed by atoms with Gasteiger partial charge in [-0.1, -0.05) is 42.5 Å². The minimum absolute atomic E-state index is 0.128. The average Bonchev–Trinajstić information content (AvgIpc) is 2.95. The highest BCUT2D eigenvalue weighted by Gasteiger charge is 2.46. The number of ether oxygens (including phenoxy) is 1. The summed E-state index contributed by atoms with van der Waals surface area (Å²) in [4.78, 5) is 10.8. The summed E-state index contributed by atoms with van der Waals surface area (Å²) < 4.78 is 18.9. The fourth-order valence-corrected chi connectivity index (χ4v) is 2.67. The average molecular weight is 310 g/mol. The fourth-order valence-electron chi connectivity index (χ4n) is 2.67. The van der Waals surface area contributed by atoms with Gasteiger partial charge >= 0.3 is 6.23 Å². The van der Waals surface area contributed by atoms with Crippen molar-refractivity contribution in [2.75, 3.05) is 0 Å². The maximum Gasteiger partial charge on any atom is 0.365 e. The Labute approximate surface area is 131 Å². The Kier molecular flexibility index (Phi) is 3.77. The zero-order valence-electron chi connectivity index (χ0n) is 11.8. The van der Waals surface area contributed by atoms with E-state index in [9.17, 15) is 19.8 Å². The second kappa shape index (κ2) is 5.89. The van der Waals surface area contributed by atoms with Crippen molar-refractivity contribution in [1.82, 2.24) is 0 Å². The molecule has 0 bridgehead atoms. The van der Waals surface area contributed by atoms with Crippen molar-refractivity contribution in [3.8, 4) is 6.07 Å².